The Balaban J connectivity index is 1.79. The molecule has 0 bridgehead atoms. The molecule has 0 atom stereocenters. The summed E-state index contributed by atoms with van der Waals surface area (Å²) in [5.74, 6) is 0.836. The summed E-state index contributed by atoms with van der Waals surface area (Å²) in [4.78, 5) is 0. The second kappa shape index (κ2) is 6.16. The molecule has 0 saturated heterocycles. The van der Waals surface area contributed by atoms with Crippen molar-refractivity contribution >= 4 is 11.4 Å². The molecule has 0 amide bonds. The average Bonchev–Trinajstić information content (AvgIpc) is 3.02. The lowest BCUT2D eigenvalue weighted by molar-refractivity contribution is 0.415. The Hall–Kier alpha value is -3.14. The number of rotatable bonds is 3. The van der Waals surface area contributed by atoms with Gasteiger partial charge in [-0.2, -0.15) is 5.10 Å². The van der Waals surface area contributed by atoms with Gasteiger partial charge in [0, 0.05) is 11.8 Å². The van der Waals surface area contributed by atoms with Crippen LogP contribution in [0.1, 0.15) is 16.8 Å². The molecule has 4 heteroatoms. The van der Waals surface area contributed by atoms with Gasteiger partial charge >= 0.3 is 0 Å². The maximum absolute atomic E-state index is 5.23. The van der Waals surface area contributed by atoms with Crippen molar-refractivity contribution in [2.45, 2.75) is 6.54 Å². The summed E-state index contributed by atoms with van der Waals surface area (Å²) in [6.07, 6.45) is 2.07. The third-order valence-electron chi connectivity index (χ3n) is 4.13. The van der Waals surface area contributed by atoms with E-state index in [4.69, 9.17) is 4.74 Å². The molecule has 4 nitrogen and oxygen atoms in total. The minimum atomic E-state index is 0.689. The summed E-state index contributed by atoms with van der Waals surface area (Å²) in [5, 5.41) is 9.10. The third-order valence-corrected chi connectivity index (χ3v) is 4.13. The Bertz CT molecular complexity index is 906. The van der Waals surface area contributed by atoms with E-state index < -0.39 is 0 Å². The highest BCUT2D eigenvalue weighted by Crippen LogP contribution is 2.19. The number of methoxy groups -OCH3 is 1. The van der Waals surface area contributed by atoms with Crippen LogP contribution in [0, 0.1) is 0 Å². The topological polar surface area (TPSA) is 38.9 Å². The van der Waals surface area contributed by atoms with Gasteiger partial charge in [-0.25, -0.2) is 0 Å². The fraction of sp³-hybridized carbons (Fsp3) is 0.100. The summed E-state index contributed by atoms with van der Waals surface area (Å²) < 4.78 is 7.41. The molecule has 0 spiro atoms. The van der Waals surface area contributed by atoms with Crippen molar-refractivity contribution in [2.24, 2.45) is 10.2 Å². The quantitative estimate of drug-likeness (QED) is 0.725. The molecule has 0 unspecified atom stereocenters. The number of benzene rings is 2. The lowest BCUT2D eigenvalue weighted by atomic mass is 10.1. The van der Waals surface area contributed by atoms with E-state index in [9.17, 15) is 0 Å². The molecule has 1 aliphatic rings. The van der Waals surface area contributed by atoms with Gasteiger partial charge in [0.05, 0.1) is 25.1 Å². The second-order valence-corrected chi connectivity index (χ2v) is 5.61. The van der Waals surface area contributed by atoms with E-state index in [1.165, 1.54) is 0 Å². The smallest absolute Gasteiger partial charge is 0.118 e. The SMILES string of the molecule is COc1ccc(C2=NN=C(c3ccccc3)c3cccn3C2)cc1. The molecular formula is C20H17N3O. The molecule has 4 rings (SSSR count). The van der Waals surface area contributed by atoms with Crippen molar-refractivity contribution in [2.75, 3.05) is 7.11 Å². The Morgan fingerprint density at radius 2 is 1.62 bits per heavy atom. The van der Waals surface area contributed by atoms with Crippen LogP contribution in [0.5, 0.6) is 5.75 Å². The number of ether oxygens (including phenoxy) is 1. The Labute approximate surface area is 140 Å². The molecular weight excluding hydrogens is 298 g/mol. The maximum atomic E-state index is 5.23. The fourth-order valence-corrected chi connectivity index (χ4v) is 2.86. The molecule has 0 radical (unpaired) electrons. The van der Waals surface area contributed by atoms with Gasteiger partial charge < -0.3 is 9.30 Å². The van der Waals surface area contributed by atoms with E-state index in [0.717, 1.165) is 34.0 Å². The van der Waals surface area contributed by atoms with Crippen LogP contribution in [0.4, 0.5) is 0 Å². The first-order valence-electron chi connectivity index (χ1n) is 7.85. The standard InChI is InChI=1S/C20H17N3O/c1-24-17-11-9-15(10-12-17)18-14-23-13-5-8-19(23)20(22-21-18)16-6-3-2-4-7-16/h2-13H,14H2,1H3. The number of aromatic nitrogens is 1. The number of hydrogen-bond donors (Lipinski definition) is 0. The first kappa shape index (κ1) is 14.5. The minimum absolute atomic E-state index is 0.689. The van der Waals surface area contributed by atoms with Gasteiger partial charge in [-0.3, -0.25) is 0 Å². The highest BCUT2D eigenvalue weighted by atomic mass is 16.5. The first-order valence-corrected chi connectivity index (χ1v) is 7.85. The van der Waals surface area contributed by atoms with Crippen molar-refractivity contribution in [3.8, 4) is 5.75 Å². The van der Waals surface area contributed by atoms with Gasteiger partial charge in [0.1, 0.15) is 11.5 Å². The zero-order valence-corrected chi connectivity index (χ0v) is 13.4. The molecule has 0 fully saturated rings. The van der Waals surface area contributed by atoms with E-state index in [-0.39, 0.29) is 0 Å². The number of fused-ring (bicyclic) bond motifs is 1. The van der Waals surface area contributed by atoms with Gasteiger partial charge in [0.2, 0.25) is 0 Å². The molecule has 118 valence electrons. The van der Waals surface area contributed by atoms with Crippen molar-refractivity contribution in [3.63, 3.8) is 0 Å². The molecule has 24 heavy (non-hydrogen) atoms. The predicted molar refractivity (Wildman–Crippen MR) is 96.0 cm³/mol. The Morgan fingerprint density at radius 1 is 0.833 bits per heavy atom. The van der Waals surface area contributed by atoms with Crippen LogP contribution in [-0.4, -0.2) is 23.1 Å². The molecule has 1 aliphatic heterocycles. The van der Waals surface area contributed by atoms with E-state index in [2.05, 4.69) is 39.2 Å². The highest BCUT2D eigenvalue weighted by molar-refractivity contribution is 6.13. The summed E-state index contributed by atoms with van der Waals surface area (Å²) >= 11 is 0. The van der Waals surface area contributed by atoms with Crippen molar-refractivity contribution < 1.29 is 4.74 Å². The summed E-state index contributed by atoms with van der Waals surface area (Å²) in [7, 11) is 1.67. The monoisotopic (exact) mass is 315 g/mol. The van der Waals surface area contributed by atoms with Crippen LogP contribution in [-0.2, 0) is 6.54 Å². The summed E-state index contributed by atoms with van der Waals surface area (Å²) in [6.45, 7) is 0.689. The fourth-order valence-electron chi connectivity index (χ4n) is 2.86. The van der Waals surface area contributed by atoms with Crippen LogP contribution < -0.4 is 4.74 Å². The molecule has 0 aliphatic carbocycles. The van der Waals surface area contributed by atoms with Gasteiger partial charge in [0.25, 0.3) is 0 Å². The number of hydrogen-bond acceptors (Lipinski definition) is 3. The molecule has 2 heterocycles. The van der Waals surface area contributed by atoms with Gasteiger partial charge in [0.15, 0.2) is 0 Å². The lowest BCUT2D eigenvalue weighted by Gasteiger charge is -2.09. The van der Waals surface area contributed by atoms with Crippen molar-refractivity contribution in [1.82, 2.24) is 4.57 Å². The van der Waals surface area contributed by atoms with E-state index in [1.54, 1.807) is 7.11 Å². The predicted octanol–water partition coefficient (Wildman–Crippen LogP) is 3.75. The van der Waals surface area contributed by atoms with Crippen molar-refractivity contribution in [3.05, 3.63) is 89.7 Å². The van der Waals surface area contributed by atoms with Gasteiger partial charge in [-0.05, 0) is 42.0 Å². The largest absolute Gasteiger partial charge is 0.497 e. The van der Waals surface area contributed by atoms with E-state index in [0.29, 0.717) is 6.54 Å². The lowest BCUT2D eigenvalue weighted by Crippen LogP contribution is -2.13. The van der Waals surface area contributed by atoms with Crippen LogP contribution in [0.15, 0.2) is 83.1 Å². The maximum Gasteiger partial charge on any atom is 0.118 e. The summed E-state index contributed by atoms with van der Waals surface area (Å²) in [6, 6.07) is 22.2. The summed E-state index contributed by atoms with van der Waals surface area (Å²) in [5.41, 5.74) is 5.02. The second-order valence-electron chi connectivity index (χ2n) is 5.61. The first-order chi connectivity index (χ1) is 11.8. The molecule has 3 aromatic rings. The third kappa shape index (κ3) is 2.63. The Kier molecular flexibility index (Phi) is 3.71. The molecule has 1 aromatic heterocycles. The number of nitrogens with zero attached hydrogens (tertiary/aromatic N) is 3. The highest BCUT2D eigenvalue weighted by Gasteiger charge is 2.17. The zero-order valence-electron chi connectivity index (χ0n) is 13.4. The Morgan fingerprint density at radius 3 is 2.38 bits per heavy atom. The van der Waals surface area contributed by atoms with Crippen LogP contribution in [0.2, 0.25) is 0 Å². The molecule has 0 saturated carbocycles. The van der Waals surface area contributed by atoms with Gasteiger partial charge in [-0.1, -0.05) is 30.3 Å². The zero-order chi connectivity index (χ0) is 16.4. The van der Waals surface area contributed by atoms with Crippen molar-refractivity contribution in [1.29, 1.82) is 0 Å². The van der Waals surface area contributed by atoms with Crippen LogP contribution in [0.25, 0.3) is 0 Å². The normalized spacial score (nSPS) is 13.5. The minimum Gasteiger partial charge on any atom is -0.497 e. The van der Waals surface area contributed by atoms with Crippen LogP contribution >= 0.6 is 0 Å². The van der Waals surface area contributed by atoms with E-state index >= 15 is 0 Å². The molecule has 0 N–H and O–H groups in total. The molecule has 2 aromatic carbocycles. The van der Waals surface area contributed by atoms with Gasteiger partial charge in [-0.15, -0.1) is 5.10 Å². The van der Waals surface area contributed by atoms with E-state index in [1.807, 2.05) is 48.5 Å². The average molecular weight is 315 g/mol. The van der Waals surface area contributed by atoms with Crippen LogP contribution in [0.3, 0.4) is 0 Å².